The zero-order valence-corrected chi connectivity index (χ0v) is 18.2. The molecule has 11 heteroatoms. The van der Waals surface area contributed by atoms with Crippen molar-refractivity contribution in [1.82, 2.24) is 20.0 Å². The molecule has 11 nitrogen and oxygen atoms in total. The van der Waals surface area contributed by atoms with Crippen molar-refractivity contribution in [3.05, 3.63) is 82.7 Å². The summed E-state index contributed by atoms with van der Waals surface area (Å²) in [5, 5.41) is 16.7. The van der Waals surface area contributed by atoms with Gasteiger partial charge in [0, 0.05) is 11.8 Å². The molecule has 0 amide bonds. The topological polar surface area (TPSA) is 154 Å². The number of aliphatic carboxylic acids is 1. The van der Waals surface area contributed by atoms with E-state index >= 15 is 0 Å². The van der Waals surface area contributed by atoms with Crippen molar-refractivity contribution in [2.75, 3.05) is 0 Å². The van der Waals surface area contributed by atoms with Gasteiger partial charge < -0.3 is 14.3 Å². The third-order valence-corrected chi connectivity index (χ3v) is 5.42. The van der Waals surface area contributed by atoms with Crippen LogP contribution in [-0.2, 0) is 11.3 Å². The van der Waals surface area contributed by atoms with Gasteiger partial charge in [-0.25, -0.2) is 4.79 Å². The smallest absolute Gasteiger partial charge is 0.347 e. The average molecular weight is 472 g/mol. The molecule has 0 saturated heterocycles. The van der Waals surface area contributed by atoms with Crippen LogP contribution in [0.1, 0.15) is 54.7 Å². The molecule has 0 fully saturated rings. The molecule has 0 atom stereocenters. The summed E-state index contributed by atoms with van der Waals surface area (Å²) < 4.78 is 12.4. The quantitative estimate of drug-likeness (QED) is 0.288. The first-order valence-electron chi connectivity index (χ1n) is 10.5. The lowest BCUT2D eigenvalue weighted by Crippen LogP contribution is -2.23. The second-order valence-corrected chi connectivity index (χ2v) is 7.72. The van der Waals surface area contributed by atoms with Crippen molar-refractivity contribution in [2.45, 2.75) is 19.9 Å². The van der Waals surface area contributed by atoms with E-state index in [2.05, 4.69) is 15.3 Å². The number of ether oxygens (including phenoxy) is 1. The Morgan fingerprint density at radius 3 is 2.77 bits per heavy atom. The van der Waals surface area contributed by atoms with Crippen LogP contribution in [0.4, 0.5) is 0 Å². The summed E-state index contributed by atoms with van der Waals surface area (Å²) in [5.41, 5.74) is 0.789. The average Bonchev–Trinajstić information content (AvgIpc) is 3.46. The molecule has 0 unspecified atom stereocenters. The predicted octanol–water partition coefficient (Wildman–Crippen LogP) is 2.71. The van der Waals surface area contributed by atoms with Gasteiger partial charge >= 0.3 is 11.9 Å². The molecule has 0 radical (unpaired) electrons. The number of esters is 1. The lowest BCUT2D eigenvalue weighted by atomic mass is 9.90. The molecule has 1 aliphatic rings. The normalized spacial score (nSPS) is 12.3. The van der Waals surface area contributed by atoms with Gasteiger partial charge in [0.1, 0.15) is 28.5 Å². The third kappa shape index (κ3) is 3.88. The highest BCUT2D eigenvalue weighted by molar-refractivity contribution is 6.29. The van der Waals surface area contributed by atoms with Gasteiger partial charge in [0.15, 0.2) is 5.76 Å². The number of hydrogen-bond donors (Lipinski definition) is 1. The van der Waals surface area contributed by atoms with E-state index in [0.29, 0.717) is 11.3 Å². The number of fused-ring (bicyclic) bond motifs is 2. The van der Waals surface area contributed by atoms with Gasteiger partial charge in [0.25, 0.3) is 0 Å². The fourth-order valence-electron chi connectivity index (χ4n) is 3.80. The van der Waals surface area contributed by atoms with E-state index in [1.807, 2.05) is 0 Å². The van der Waals surface area contributed by atoms with Crippen LogP contribution in [0.3, 0.4) is 0 Å². The zero-order valence-electron chi connectivity index (χ0n) is 18.2. The molecule has 0 spiro atoms. The minimum Gasteiger partial charge on any atom is -0.481 e. The number of aryl methyl sites for hydroxylation is 2. The van der Waals surface area contributed by atoms with Crippen LogP contribution in [0, 0.1) is 6.92 Å². The molecule has 1 aliphatic carbocycles. The number of carbonyl (C=O) groups excluding carboxylic acids is 3. The Morgan fingerprint density at radius 2 is 1.97 bits per heavy atom. The molecule has 3 aromatic heterocycles. The highest BCUT2D eigenvalue weighted by Gasteiger charge is 2.39. The number of carbonyl (C=O) groups is 4. The van der Waals surface area contributed by atoms with Crippen LogP contribution in [-0.4, -0.2) is 48.6 Å². The number of ketones is 2. The van der Waals surface area contributed by atoms with Gasteiger partial charge in [-0.15, -0.1) is 5.10 Å². The second kappa shape index (κ2) is 8.45. The van der Waals surface area contributed by atoms with E-state index in [9.17, 15) is 19.2 Å². The Labute approximate surface area is 197 Å². The molecular weight excluding hydrogens is 456 g/mol. The Kier molecular flexibility index (Phi) is 5.28. The summed E-state index contributed by atoms with van der Waals surface area (Å²) in [7, 11) is 0. The largest absolute Gasteiger partial charge is 0.481 e. The summed E-state index contributed by atoms with van der Waals surface area (Å²) in [4.78, 5) is 53.7. The third-order valence-electron chi connectivity index (χ3n) is 5.42. The van der Waals surface area contributed by atoms with Crippen molar-refractivity contribution in [2.24, 2.45) is 0 Å². The maximum absolute atomic E-state index is 13.1. The number of furan rings is 1. The molecular formula is C24H16N4O7. The highest BCUT2D eigenvalue weighted by Crippen LogP contribution is 2.33. The number of benzene rings is 1. The summed E-state index contributed by atoms with van der Waals surface area (Å²) in [6, 6.07) is 9.47. The number of hydrogen-bond acceptors (Lipinski definition) is 9. The minimum absolute atomic E-state index is 0.0483. The molecule has 5 rings (SSSR count). The lowest BCUT2D eigenvalue weighted by Gasteiger charge is -2.12. The van der Waals surface area contributed by atoms with Crippen molar-refractivity contribution < 1.29 is 33.4 Å². The van der Waals surface area contributed by atoms with Crippen molar-refractivity contribution in [3.63, 3.8) is 0 Å². The van der Waals surface area contributed by atoms with E-state index in [-0.39, 0.29) is 52.6 Å². The Bertz CT molecular complexity index is 1530. The predicted molar refractivity (Wildman–Crippen MR) is 117 cm³/mol. The Morgan fingerprint density at radius 1 is 1.14 bits per heavy atom. The molecule has 0 bridgehead atoms. The number of carboxylic acid groups (broad SMARTS) is 1. The van der Waals surface area contributed by atoms with E-state index in [1.165, 1.54) is 29.9 Å². The highest BCUT2D eigenvalue weighted by atomic mass is 16.5. The number of rotatable bonds is 6. The fraction of sp³-hybridized carbons (Fsp3) is 0.125. The molecule has 0 saturated carbocycles. The maximum atomic E-state index is 13.1. The SMILES string of the molecule is Cc1oc2c(c1C(=O)Oc1cccc(-c3cn(CCC(=O)O)nn3)c1)C(=O)c1ncccc1C2=O. The first-order valence-corrected chi connectivity index (χ1v) is 10.5. The van der Waals surface area contributed by atoms with Gasteiger partial charge in [-0.1, -0.05) is 17.3 Å². The fourth-order valence-corrected chi connectivity index (χ4v) is 3.80. The summed E-state index contributed by atoms with van der Waals surface area (Å²) in [6.07, 6.45) is 2.87. The van der Waals surface area contributed by atoms with Crippen LogP contribution < -0.4 is 4.74 Å². The van der Waals surface area contributed by atoms with Crippen molar-refractivity contribution in [1.29, 1.82) is 0 Å². The number of carboxylic acids is 1. The maximum Gasteiger partial charge on any atom is 0.347 e. The molecule has 174 valence electrons. The molecule has 0 aliphatic heterocycles. The van der Waals surface area contributed by atoms with Crippen LogP contribution in [0.15, 0.2) is 53.2 Å². The number of aromatic nitrogens is 4. The van der Waals surface area contributed by atoms with Crippen LogP contribution in [0.5, 0.6) is 5.75 Å². The number of pyridine rings is 1. The van der Waals surface area contributed by atoms with Crippen LogP contribution in [0.2, 0.25) is 0 Å². The van der Waals surface area contributed by atoms with Crippen LogP contribution in [0.25, 0.3) is 11.3 Å². The van der Waals surface area contributed by atoms with E-state index in [0.717, 1.165) is 0 Å². The Balaban J connectivity index is 1.42. The van der Waals surface area contributed by atoms with Crippen molar-refractivity contribution in [3.8, 4) is 17.0 Å². The second-order valence-electron chi connectivity index (χ2n) is 7.72. The number of nitrogens with zero attached hydrogens (tertiary/aromatic N) is 4. The lowest BCUT2D eigenvalue weighted by molar-refractivity contribution is -0.137. The molecule has 1 aromatic carbocycles. The van der Waals surface area contributed by atoms with Gasteiger partial charge in [-0.3, -0.25) is 24.0 Å². The van der Waals surface area contributed by atoms with Gasteiger partial charge in [-0.2, -0.15) is 0 Å². The molecule has 35 heavy (non-hydrogen) atoms. The summed E-state index contributed by atoms with van der Waals surface area (Å²) in [5.74, 6) is -2.92. The van der Waals surface area contributed by atoms with E-state index < -0.39 is 23.5 Å². The van der Waals surface area contributed by atoms with Gasteiger partial charge in [0.05, 0.1) is 30.3 Å². The first kappa shape index (κ1) is 21.9. The Hall–Kier alpha value is -4.93. The monoisotopic (exact) mass is 472 g/mol. The van der Waals surface area contributed by atoms with Crippen molar-refractivity contribution >= 4 is 23.5 Å². The van der Waals surface area contributed by atoms with Gasteiger partial charge in [0.2, 0.25) is 11.6 Å². The van der Waals surface area contributed by atoms with E-state index in [1.54, 1.807) is 30.5 Å². The minimum atomic E-state index is -0.952. The summed E-state index contributed by atoms with van der Waals surface area (Å²) >= 11 is 0. The standard InChI is InChI=1S/C24H16N4O7/c1-12-18(19-22(32)20-15(6-3-8-25-20)21(31)23(19)34-12)24(33)35-14-5-2-4-13(10-14)16-11-28(27-26-16)9-7-17(29)30/h2-6,8,10-11H,7,9H2,1H3,(H,29,30). The molecule has 1 N–H and O–H groups in total. The van der Waals surface area contributed by atoms with Crippen LogP contribution >= 0.6 is 0 Å². The zero-order chi connectivity index (χ0) is 24.7. The van der Waals surface area contributed by atoms with E-state index in [4.69, 9.17) is 14.3 Å². The first-order chi connectivity index (χ1) is 16.8. The summed E-state index contributed by atoms with van der Waals surface area (Å²) in [6.45, 7) is 1.63. The molecule has 3 heterocycles. The van der Waals surface area contributed by atoms with Gasteiger partial charge in [-0.05, 0) is 31.2 Å². The molecule has 4 aromatic rings.